The minimum absolute atomic E-state index is 0.0726. The van der Waals surface area contributed by atoms with Gasteiger partial charge in [0.1, 0.15) is 0 Å². The summed E-state index contributed by atoms with van der Waals surface area (Å²) in [4.78, 5) is 2.84. The molecule has 3 nitrogen and oxygen atoms in total. The maximum Gasteiger partial charge on any atom is 0.0683 e. The average molecular weight is 161 g/mol. The van der Waals surface area contributed by atoms with Crippen LogP contribution < -0.4 is 5.73 Å². The lowest BCUT2D eigenvalue weighted by atomic mass is 10.2. The summed E-state index contributed by atoms with van der Waals surface area (Å²) >= 11 is 5.59. The van der Waals surface area contributed by atoms with Gasteiger partial charge in [0.25, 0.3) is 0 Å². The van der Waals surface area contributed by atoms with Gasteiger partial charge in [-0.3, -0.25) is 0 Å². The molecule has 1 aromatic rings. The highest BCUT2D eigenvalue weighted by Crippen LogP contribution is 2.13. The van der Waals surface area contributed by atoms with E-state index in [1.165, 1.54) is 0 Å². The van der Waals surface area contributed by atoms with E-state index in [-0.39, 0.29) is 12.6 Å². The predicted octanol–water partition coefficient (Wildman–Crippen LogP) is 0.660. The zero-order valence-electron chi connectivity index (χ0n) is 5.34. The Morgan fingerprint density at radius 3 is 2.90 bits per heavy atom. The Morgan fingerprint density at radius 1 is 1.80 bits per heavy atom. The Bertz CT molecular complexity index is 211. The van der Waals surface area contributed by atoms with E-state index in [0.717, 1.165) is 5.69 Å². The molecule has 0 aliphatic heterocycles. The summed E-state index contributed by atoms with van der Waals surface area (Å²) in [6.45, 7) is -0.0726. The monoisotopic (exact) mass is 160 g/mol. The number of hydrogen-bond acceptors (Lipinski definition) is 2. The number of halogens is 1. The third kappa shape index (κ3) is 1.50. The second-order valence-corrected chi connectivity index (χ2v) is 2.50. The molecule has 56 valence electrons. The summed E-state index contributed by atoms with van der Waals surface area (Å²) in [5.41, 5.74) is 6.22. The van der Waals surface area contributed by atoms with Crippen LogP contribution in [0.5, 0.6) is 0 Å². The first kappa shape index (κ1) is 7.60. The van der Waals surface area contributed by atoms with Crippen LogP contribution in [-0.2, 0) is 0 Å². The van der Waals surface area contributed by atoms with Crippen LogP contribution >= 0.6 is 11.6 Å². The van der Waals surface area contributed by atoms with Crippen molar-refractivity contribution >= 4 is 11.6 Å². The molecule has 0 bridgehead atoms. The number of aliphatic hydroxyl groups excluding tert-OH is 1. The Labute approximate surface area is 63.8 Å². The molecule has 1 unspecified atom stereocenters. The van der Waals surface area contributed by atoms with Crippen LogP contribution in [0.25, 0.3) is 0 Å². The fourth-order valence-electron chi connectivity index (χ4n) is 0.697. The fourth-order valence-corrected chi connectivity index (χ4v) is 0.869. The quantitative estimate of drug-likeness (QED) is 0.595. The summed E-state index contributed by atoms with van der Waals surface area (Å²) < 4.78 is 0. The number of aromatic amines is 1. The number of aliphatic hydroxyl groups is 1. The molecule has 0 saturated carbocycles. The van der Waals surface area contributed by atoms with Gasteiger partial charge in [-0.25, -0.2) is 0 Å². The van der Waals surface area contributed by atoms with Crippen molar-refractivity contribution in [3.05, 3.63) is 23.0 Å². The van der Waals surface area contributed by atoms with E-state index < -0.39 is 0 Å². The lowest BCUT2D eigenvalue weighted by Gasteiger charge is -2.02. The molecule has 0 amide bonds. The predicted molar refractivity (Wildman–Crippen MR) is 39.8 cm³/mol. The van der Waals surface area contributed by atoms with E-state index in [2.05, 4.69) is 4.98 Å². The summed E-state index contributed by atoms with van der Waals surface area (Å²) in [5.74, 6) is 0. The van der Waals surface area contributed by atoms with E-state index in [1.54, 1.807) is 12.3 Å². The molecule has 0 aliphatic rings. The van der Waals surface area contributed by atoms with Crippen molar-refractivity contribution in [2.45, 2.75) is 6.04 Å². The van der Waals surface area contributed by atoms with Crippen molar-refractivity contribution in [1.82, 2.24) is 4.98 Å². The third-order valence-electron chi connectivity index (χ3n) is 1.27. The van der Waals surface area contributed by atoms with Crippen molar-refractivity contribution in [1.29, 1.82) is 0 Å². The molecule has 1 rings (SSSR count). The van der Waals surface area contributed by atoms with E-state index in [0.29, 0.717) is 5.02 Å². The molecule has 0 aromatic carbocycles. The van der Waals surface area contributed by atoms with Gasteiger partial charge in [-0.2, -0.15) is 0 Å². The van der Waals surface area contributed by atoms with Crippen LogP contribution in [-0.4, -0.2) is 16.7 Å². The van der Waals surface area contributed by atoms with Crippen molar-refractivity contribution in [3.8, 4) is 0 Å². The number of H-pyrrole nitrogens is 1. The molecule has 1 aromatic heterocycles. The van der Waals surface area contributed by atoms with E-state index in [4.69, 9.17) is 22.4 Å². The molecule has 0 aliphatic carbocycles. The highest BCUT2D eigenvalue weighted by atomic mass is 35.5. The first-order chi connectivity index (χ1) is 4.74. The molecular weight excluding hydrogens is 152 g/mol. The molecule has 4 N–H and O–H groups in total. The van der Waals surface area contributed by atoms with Crippen LogP contribution in [0.1, 0.15) is 11.7 Å². The number of rotatable bonds is 2. The van der Waals surface area contributed by atoms with E-state index in [1.807, 2.05) is 0 Å². The molecule has 10 heavy (non-hydrogen) atoms. The van der Waals surface area contributed by atoms with Crippen LogP contribution in [0.15, 0.2) is 12.3 Å². The summed E-state index contributed by atoms with van der Waals surface area (Å²) in [6, 6.07) is 1.34. The summed E-state index contributed by atoms with van der Waals surface area (Å²) in [6.07, 6.45) is 1.63. The van der Waals surface area contributed by atoms with Crippen LogP contribution in [0.2, 0.25) is 5.02 Å². The summed E-state index contributed by atoms with van der Waals surface area (Å²) in [7, 11) is 0. The highest BCUT2D eigenvalue weighted by molar-refractivity contribution is 6.30. The topological polar surface area (TPSA) is 62.0 Å². The molecular formula is C6H9ClN2O. The Morgan fingerprint density at radius 2 is 2.50 bits per heavy atom. The van der Waals surface area contributed by atoms with Crippen LogP contribution in [0.3, 0.4) is 0 Å². The lowest BCUT2D eigenvalue weighted by Crippen LogP contribution is -2.14. The van der Waals surface area contributed by atoms with Gasteiger partial charge in [0.15, 0.2) is 0 Å². The second kappa shape index (κ2) is 3.05. The molecule has 1 heterocycles. The normalized spacial score (nSPS) is 13.5. The first-order valence-electron chi connectivity index (χ1n) is 2.94. The van der Waals surface area contributed by atoms with Crippen LogP contribution in [0.4, 0.5) is 0 Å². The molecule has 0 saturated heterocycles. The Balaban J connectivity index is 2.74. The van der Waals surface area contributed by atoms with Crippen molar-refractivity contribution in [3.63, 3.8) is 0 Å². The van der Waals surface area contributed by atoms with Crippen molar-refractivity contribution in [2.24, 2.45) is 5.73 Å². The minimum Gasteiger partial charge on any atom is -0.394 e. The van der Waals surface area contributed by atoms with Gasteiger partial charge in [0, 0.05) is 11.9 Å². The Hall–Kier alpha value is -0.510. The molecule has 0 radical (unpaired) electrons. The zero-order chi connectivity index (χ0) is 7.56. The van der Waals surface area contributed by atoms with Crippen LogP contribution in [0, 0.1) is 0 Å². The number of nitrogens with two attached hydrogens (primary N) is 1. The van der Waals surface area contributed by atoms with Crippen molar-refractivity contribution in [2.75, 3.05) is 6.61 Å². The molecule has 4 heteroatoms. The van der Waals surface area contributed by atoms with Gasteiger partial charge < -0.3 is 15.8 Å². The highest BCUT2D eigenvalue weighted by Gasteiger charge is 2.04. The minimum atomic E-state index is -0.354. The van der Waals surface area contributed by atoms with E-state index in [9.17, 15) is 0 Å². The second-order valence-electron chi connectivity index (χ2n) is 2.06. The fraction of sp³-hybridized carbons (Fsp3) is 0.333. The van der Waals surface area contributed by atoms with Gasteiger partial charge in [0.2, 0.25) is 0 Å². The number of nitrogens with one attached hydrogen (secondary N) is 1. The SMILES string of the molecule is NC(CO)c1cc(Cl)c[nH]1. The van der Waals surface area contributed by atoms with Gasteiger partial charge >= 0.3 is 0 Å². The van der Waals surface area contributed by atoms with Crippen molar-refractivity contribution < 1.29 is 5.11 Å². The van der Waals surface area contributed by atoms with Gasteiger partial charge in [-0.05, 0) is 6.07 Å². The zero-order valence-corrected chi connectivity index (χ0v) is 6.10. The van der Waals surface area contributed by atoms with Gasteiger partial charge in [-0.15, -0.1) is 0 Å². The standard InChI is InChI=1S/C6H9ClN2O/c7-4-1-6(9-2-4)5(8)3-10/h1-2,5,9-10H,3,8H2. The first-order valence-corrected chi connectivity index (χ1v) is 3.32. The molecule has 1 atom stereocenters. The maximum absolute atomic E-state index is 8.61. The smallest absolute Gasteiger partial charge is 0.0683 e. The van der Waals surface area contributed by atoms with E-state index >= 15 is 0 Å². The lowest BCUT2D eigenvalue weighted by molar-refractivity contribution is 0.266. The Kier molecular flexibility index (Phi) is 2.32. The van der Waals surface area contributed by atoms with Gasteiger partial charge in [0.05, 0.1) is 17.7 Å². The van der Waals surface area contributed by atoms with Gasteiger partial charge in [-0.1, -0.05) is 11.6 Å². The largest absolute Gasteiger partial charge is 0.394 e. The molecule has 0 fully saturated rings. The average Bonchev–Trinajstić information content (AvgIpc) is 2.34. The number of aromatic nitrogens is 1. The number of hydrogen-bond donors (Lipinski definition) is 3. The third-order valence-corrected chi connectivity index (χ3v) is 1.48. The summed E-state index contributed by atoms with van der Waals surface area (Å²) in [5, 5.41) is 9.22. The molecule has 0 spiro atoms. The maximum atomic E-state index is 8.61.